The minimum atomic E-state index is -0.366. The Bertz CT molecular complexity index is 127. The minimum Gasteiger partial charge on any atom is -0.290 e. The molecule has 1 N–H and O–H groups in total. The van der Waals surface area contributed by atoms with Gasteiger partial charge in [-0.1, -0.05) is 13.3 Å². The third-order valence-corrected chi connectivity index (χ3v) is 1.33. The first-order chi connectivity index (χ1) is 5.24. The van der Waals surface area contributed by atoms with Crippen molar-refractivity contribution < 1.29 is 14.8 Å². The Kier molecular flexibility index (Phi) is 5.37. The summed E-state index contributed by atoms with van der Waals surface area (Å²) in [6.07, 6.45) is 3.52. The standard InChI is InChI=1S/C7H12NO3/c1-2-3-7(5-9)4-8(11)6-10/h6-7,11H,2-4H2,1H3. The fourth-order valence-corrected chi connectivity index (χ4v) is 0.805. The molecule has 0 heterocycles. The molecule has 0 spiro atoms. The van der Waals surface area contributed by atoms with Crippen LogP contribution in [0, 0.1) is 5.92 Å². The van der Waals surface area contributed by atoms with Crippen molar-refractivity contribution >= 4 is 12.7 Å². The van der Waals surface area contributed by atoms with Crippen LogP contribution in [-0.2, 0) is 9.59 Å². The molecular weight excluding hydrogens is 146 g/mol. The summed E-state index contributed by atoms with van der Waals surface area (Å²) in [5.41, 5.74) is 0. The number of hydroxylamine groups is 2. The van der Waals surface area contributed by atoms with Crippen LogP contribution in [0.15, 0.2) is 0 Å². The summed E-state index contributed by atoms with van der Waals surface area (Å²) in [6.45, 7) is 1.97. The third-order valence-electron chi connectivity index (χ3n) is 1.33. The zero-order valence-electron chi connectivity index (χ0n) is 6.49. The molecule has 0 aromatic rings. The second-order valence-electron chi connectivity index (χ2n) is 2.33. The van der Waals surface area contributed by atoms with Crippen molar-refractivity contribution in [2.24, 2.45) is 5.92 Å². The molecular formula is C7H12NO3. The number of carbonyl (C=O) groups is 1. The summed E-state index contributed by atoms with van der Waals surface area (Å²) >= 11 is 0. The van der Waals surface area contributed by atoms with Gasteiger partial charge in [0.2, 0.25) is 12.7 Å². The maximum atomic E-state index is 10.2. The van der Waals surface area contributed by atoms with Gasteiger partial charge in [0.15, 0.2) is 0 Å². The van der Waals surface area contributed by atoms with E-state index in [2.05, 4.69) is 0 Å². The lowest BCUT2D eigenvalue weighted by Crippen LogP contribution is -2.25. The largest absolute Gasteiger partial charge is 0.290 e. The van der Waals surface area contributed by atoms with Gasteiger partial charge in [0.1, 0.15) is 0 Å². The second kappa shape index (κ2) is 5.85. The monoisotopic (exact) mass is 158 g/mol. The third kappa shape index (κ3) is 4.50. The average Bonchev–Trinajstić information content (AvgIpc) is 2.03. The molecule has 0 aliphatic carbocycles. The zero-order valence-corrected chi connectivity index (χ0v) is 6.49. The molecule has 63 valence electrons. The van der Waals surface area contributed by atoms with Gasteiger partial charge in [0.25, 0.3) is 0 Å². The summed E-state index contributed by atoms with van der Waals surface area (Å²) in [7, 11) is 0. The van der Waals surface area contributed by atoms with Crippen molar-refractivity contribution in [2.45, 2.75) is 19.8 Å². The molecule has 1 unspecified atom stereocenters. The van der Waals surface area contributed by atoms with Crippen LogP contribution in [0.2, 0.25) is 0 Å². The van der Waals surface area contributed by atoms with E-state index in [9.17, 15) is 9.59 Å². The van der Waals surface area contributed by atoms with Crippen LogP contribution >= 0.6 is 0 Å². The van der Waals surface area contributed by atoms with E-state index in [1.807, 2.05) is 6.92 Å². The van der Waals surface area contributed by atoms with Crippen molar-refractivity contribution in [2.75, 3.05) is 6.54 Å². The van der Waals surface area contributed by atoms with Crippen LogP contribution in [0.4, 0.5) is 0 Å². The van der Waals surface area contributed by atoms with Gasteiger partial charge in [-0.3, -0.25) is 14.8 Å². The van der Waals surface area contributed by atoms with E-state index in [0.717, 1.165) is 6.42 Å². The Morgan fingerprint density at radius 2 is 2.36 bits per heavy atom. The van der Waals surface area contributed by atoms with Gasteiger partial charge in [-0.2, -0.15) is 0 Å². The average molecular weight is 158 g/mol. The van der Waals surface area contributed by atoms with Gasteiger partial charge in [0, 0.05) is 5.92 Å². The highest BCUT2D eigenvalue weighted by Crippen LogP contribution is 2.03. The fourth-order valence-electron chi connectivity index (χ4n) is 0.805. The molecule has 0 aromatic heterocycles. The Labute approximate surface area is 65.8 Å². The van der Waals surface area contributed by atoms with Crippen molar-refractivity contribution in [1.29, 1.82) is 0 Å². The number of hydrogen-bond donors (Lipinski definition) is 1. The van der Waals surface area contributed by atoms with Gasteiger partial charge in [0.05, 0.1) is 6.54 Å². The van der Waals surface area contributed by atoms with Crippen LogP contribution in [0.25, 0.3) is 0 Å². The maximum Gasteiger partial charge on any atom is 0.233 e. The van der Waals surface area contributed by atoms with Crippen molar-refractivity contribution in [1.82, 2.24) is 5.06 Å². The molecule has 1 atom stereocenters. The first kappa shape index (κ1) is 10.1. The predicted octanol–water partition coefficient (Wildman–Crippen LogP) is 0.360. The van der Waals surface area contributed by atoms with Crippen molar-refractivity contribution in [3.8, 4) is 0 Å². The van der Waals surface area contributed by atoms with Gasteiger partial charge in [-0.05, 0) is 6.42 Å². The molecule has 0 aliphatic heterocycles. The Morgan fingerprint density at radius 3 is 2.73 bits per heavy atom. The summed E-state index contributed by atoms with van der Waals surface area (Å²) < 4.78 is 0. The SMILES string of the molecule is CCCC([C]=O)CN(O)C=O. The molecule has 0 saturated carbocycles. The van der Waals surface area contributed by atoms with E-state index >= 15 is 0 Å². The van der Waals surface area contributed by atoms with E-state index in [4.69, 9.17) is 5.21 Å². The molecule has 4 nitrogen and oxygen atoms in total. The van der Waals surface area contributed by atoms with Gasteiger partial charge < -0.3 is 0 Å². The first-order valence-corrected chi connectivity index (χ1v) is 3.53. The lowest BCUT2D eigenvalue weighted by molar-refractivity contribution is -0.151. The van der Waals surface area contributed by atoms with E-state index in [-0.39, 0.29) is 18.9 Å². The quantitative estimate of drug-likeness (QED) is 0.345. The van der Waals surface area contributed by atoms with Crippen LogP contribution in [0.5, 0.6) is 0 Å². The van der Waals surface area contributed by atoms with E-state index in [1.54, 1.807) is 6.29 Å². The fraction of sp³-hybridized carbons (Fsp3) is 0.714. The molecule has 11 heavy (non-hydrogen) atoms. The topological polar surface area (TPSA) is 57.6 Å². The van der Waals surface area contributed by atoms with Crippen LogP contribution < -0.4 is 0 Å². The minimum absolute atomic E-state index is 0.0425. The Balaban J connectivity index is 3.66. The normalized spacial score (nSPS) is 12.2. The predicted molar refractivity (Wildman–Crippen MR) is 38.6 cm³/mol. The molecule has 0 bridgehead atoms. The van der Waals surface area contributed by atoms with Gasteiger partial charge >= 0.3 is 0 Å². The summed E-state index contributed by atoms with van der Waals surface area (Å²) in [6, 6.07) is 0. The molecule has 4 heteroatoms. The zero-order chi connectivity index (χ0) is 8.69. The van der Waals surface area contributed by atoms with Crippen LogP contribution in [0.1, 0.15) is 19.8 Å². The molecule has 0 rings (SSSR count). The van der Waals surface area contributed by atoms with Gasteiger partial charge in [-0.15, -0.1) is 0 Å². The molecule has 1 radical (unpaired) electrons. The number of hydrogen-bond acceptors (Lipinski definition) is 3. The molecule has 0 aromatic carbocycles. The highest BCUT2D eigenvalue weighted by atomic mass is 16.5. The molecule has 0 saturated heterocycles. The highest BCUT2D eigenvalue weighted by molar-refractivity contribution is 5.56. The number of carbonyl (C=O) groups excluding carboxylic acids is 2. The lowest BCUT2D eigenvalue weighted by atomic mass is 10.1. The van der Waals surface area contributed by atoms with Crippen LogP contribution in [0.3, 0.4) is 0 Å². The lowest BCUT2D eigenvalue weighted by Gasteiger charge is -2.12. The van der Waals surface area contributed by atoms with Crippen LogP contribution in [-0.4, -0.2) is 29.5 Å². The Morgan fingerprint density at radius 1 is 1.73 bits per heavy atom. The maximum absolute atomic E-state index is 10.2. The first-order valence-electron chi connectivity index (χ1n) is 3.53. The van der Waals surface area contributed by atoms with Crippen molar-refractivity contribution in [3.05, 3.63) is 0 Å². The summed E-state index contributed by atoms with van der Waals surface area (Å²) in [5.74, 6) is -0.366. The highest BCUT2D eigenvalue weighted by Gasteiger charge is 2.09. The van der Waals surface area contributed by atoms with E-state index in [0.29, 0.717) is 11.5 Å². The number of amides is 1. The second-order valence-corrected chi connectivity index (χ2v) is 2.33. The summed E-state index contributed by atoms with van der Waals surface area (Å²) in [4.78, 5) is 20.1. The van der Waals surface area contributed by atoms with E-state index < -0.39 is 0 Å². The Hall–Kier alpha value is -0.900. The molecule has 0 aliphatic rings. The molecule has 1 amide bonds. The van der Waals surface area contributed by atoms with Gasteiger partial charge in [-0.25, -0.2) is 5.06 Å². The smallest absolute Gasteiger partial charge is 0.233 e. The molecule has 0 fully saturated rings. The summed E-state index contributed by atoms with van der Waals surface area (Å²) in [5, 5.41) is 9.14. The number of nitrogens with zero attached hydrogens (tertiary/aromatic N) is 1. The van der Waals surface area contributed by atoms with Crippen molar-refractivity contribution in [3.63, 3.8) is 0 Å². The number of rotatable bonds is 6. The van der Waals surface area contributed by atoms with E-state index in [1.165, 1.54) is 0 Å².